The number of hydrogen-bond acceptors (Lipinski definition) is 7. The van der Waals surface area contributed by atoms with Crippen molar-refractivity contribution in [3.05, 3.63) is 68.8 Å². The summed E-state index contributed by atoms with van der Waals surface area (Å²) >= 11 is 1.46. The molecule has 10 nitrogen and oxygen atoms in total. The van der Waals surface area contributed by atoms with Crippen molar-refractivity contribution in [2.45, 2.75) is 20.0 Å². The molecule has 168 valence electrons. The Morgan fingerprint density at radius 2 is 1.94 bits per heavy atom. The Kier molecular flexibility index (Phi) is 6.05. The van der Waals surface area contributed by atoms with Crippen molar-refractivity contribution < 1.29 is 14.7 Å². The van der Waals surface area contributed by atoms with Crippen LogP contribution in [0, 0.1) is 0 Å². The number of carboxylic acids is 1. The van der Waals surface area contributed by atoms with E-state index in [0.717, 1.165) is 10.4 Å². The zero-order valence-corrected chi connectivity index (χ0v) is 18.3. The van der Waals surface area contributed by atoms with E-state index in [9.17, 15) is 19.5 Å². The van der Waals surface area contributed by atoms with Crippen molar-refractivity contribution in [1.29, 1.82) is 0 Å². The van der Waals surface area contributed by atoms with Crippen LogP contribution in [0.5, 0.6) is 0 Å². The number of urea groups is 1. The zero-order valence-electron chi connectivity index (χ0n) is 17.5. The van der Waals surface area contributed by atoms with Gasteiger partial charge in [-0.3, -0.25) is 9.78 Å². The number of fused-ring (bicyclic) bond motifs is 1. The maximum atomic E-state index is 12.6. The summed E-state index contributed by atoms with van der Waals surface area (Å²) in [5.41, 5.74) is 8.79. The molecular weight excluding hydrogens is 444 g/mol. The summed E-state index contributed by atoms with van der Waals surface area (Å²) in [6, 6.07) is 9.92. The molecule has 0 bridgehead atoms. The zero-order chi connectivity index (χ0) is 23.5. The second kappa shape index (κ2) is 9.09. The summed E-state index contributed by atoms with van der Waals surface area (Å²) < 4.78 is 1.51. The number of carbonyl (C=O) groups excluding carboxylic acids is 1. The topological polar surface area (TPSA) is 152 Å². The highest BCUT2D eigenvalue weighted by molar-refractivity contribution is 7.09. The third-order valence-electron chi connectivity index (χ3n) is 5.02. The summed E-state index contributed by atoms with van der Waals surface area (Å²) in [4.78, 5) is 45.7. The molecule has 0 aliphatic carbocycles. The highest BCUT2D eigenvalue weighted by atomic mass is 32.1. The molecule has 0 aliphatic heterocycles. The monoisotopic (exact) mass is 464 g/mol. The highest BCUT2D eigenvalue weighted by Gasteiger charge is 2.20. The van der Waals surface area contributed by atoms with Gasteiger partial charge in [-0.1, -0.05) is 12.1 Å². The second-order valence-electron chi connectivity index (χ2n) is 7.06. The van der Waals surface area contributed by atoms with Crippen molar-refractivity contribution >= 4 is 45.9 Å². The molecule has 0 saturated carbocycles. The van der Waals surface area contributed by atoms with Crippen LogP contribution in [0.2, 0.25) is 0 Å². The van der Waals surface area contributed by atoms with E-state index in [1.54, 1.807) is 55.0 Å². The number of benzene rings is 1. The summed E-state index contributed by atoms with van der Waals surface area (Å²) in [7, 11) is 0. The number of nitrogen functional groups attached to an aromatic ring is 1. The largest absolute Gasteiger partial charge is 0.477 e. The van der Waals surface area contributed by atoms with Gasteiger partial charge in [0.2, 0.25) is 5.43 Å². The standard InChI is InChI=1S/C22H20N6O4S/c1-2-28-19(23)17(21(30)31)18(29)15-7-8-16(27-20(15)28)12-3-5-13(6-4-12)26-22(32)25-10-14-9-24-11-33-14/h3-9,11H,2,10,23H2,1H3,(H,30,31)(H2,25,26,32). The fourth-order valence-electron chi connectivity index (χ4n) is 3.42. The summed E-state index contributed by atoms with van der Waals surface area (Å²) in [6.07, 6.45) is 1.70. The van der Waals surface area contributed by atoms with Gasteiger partial charge in [0.15, 0.2) is 0 Å². The van der Waals surface area contributed by atoms with Gasteiger partial charge in [-0.05, 0) is 31.2 Å². The van der Waals surface area contributed by atoms with Crippen molar-refractivity contribution in [3.8, 4) is 11.3 Å². The first-order valence-corrected chi connectivity index (χ1v) is 10.9. The molecule has 4 aromatic rings. The molecule has 11 heteroatoms. The van der Waals surface area contributed by atoms with Gasteiger partial charge in [0, 0.05) is 28.9 Å². The molecule has 33 heavy (non-hydrogen) atoms. The van der Waals surface area contributed by atoms with E-state index in [1.807, 2.05) is 0 Å². The predicted molar refractivity (Wildman–Crippen MR) is 126 cm³/mol. The number of nitrogens with two attached hydrogens (primary N) is 1. The fraction of sp³-hybridized carbons (Fsp3) is 0.136. The average Bonchev–Trinajstić information content (AvgIpc) is 3.32. The minimum absolute atomic E-state index is 0.129. The number of thiazole rings is 1. The number of amides is 2. The van der Waals surface area contributed by atoms with Crippen LogP contribution in [0.15, 0.2) is 52.9 Å². The van der Waals surface area contributed by atoms with E-state index in [1.165, 1.54) is 15.9 Å². The van der Waals surface area contributed by atoms with Gasteiger partial charge < -0.3 is 26.0 Å². The lowest BCUT2D eigenvalue weighted by atomic mass is 10.1. The van der Waals surface area contributed by atoms with Crippen LogP contribution in [-0.4, -0.2) is 31.6 Å². The van der Waals surface area contributed by atoms with Crippen LogP contribution < -0.4 is 21.8 Å². The Morgan fingerprint density at radius 1 is 1.18 bits per heavy atom. The lowest BCUT2D eigenvalue weighted by Gasteiger charge is -2.14. The third kappa shape index (κ3) is 4.39. The number of nitrogens with one attached hydrogen (secondary N) is 2. The van der Waals surface area contributed by atoms with Gasteiger partial charge in [-0.2, -0.15) is 0 Å². The Balaban J connectivity index is 1.59. The molecule has 0 atom stereocenters. The van der Waals surface area contributed by atoms with Gasteiger partial charge in [-0.15, -0.1) is 11.3 Å². The number of aryl methyl sites for hydroxylation is 1. The van der Waals surface area contributed by atoms with Gasteiger partial charge in [0.25, 0.3) is 0 Å². The van der Waals surface area contributed by atoms with Crippen LogP contribution in [-0.2, 0) is 13.1 Å². The molecule has 0 unspecified atom stereocenters. The van der Waals surface area contributed by atoms with E-state index >= 15 is 0 Å². The molecule has 5 N–H and O–H groups in total. The van der Waals surface area contributed by atoms with Crippen LogP contribution in [0.3, 0.4) is 0 Å². The Morgan fingerprint density at radius 3 is 2.58 bits per heavy atom. The SMILES string of the molecule is CCn1c(N)c(C(=O)O)c(=O)c2ccc(-c3ccc(NC(=O)NCc4cncs4)cc3)nc21. The Bertz CT molecular complexity index is 1400. The molecule has 0 saturated heterocycles. The molecule has 2 amide bonds. The highest BCUT2D eigenvalue weighted by Crippen LogP contribution is 2.24. The lowest BCUT2D eigenvalue weighted by molar-refractivity contribution is 0.0696. The minimum Gasteiger partial charge on any atom is -0.477 e. The fourth-order valence-corrected chi connectivity index (χ4v) is 3.95. The third-order valence-corrected chi connectivity index (χ3v) is 5.80. The predicted octanol–water partition coefficient (Wildman–Crippen LogP) is 3.14. The first kappa shape index (κ1) is 22.0. The van der Waals surface area contributed by atoms with Crippen molar-refractivity contribution in [2.75, 3.05) is 11.1 Å². The van der Waals surface area contributed by atoms with Crippen molar-refractivity contribution in [3.63, 3.8) is 0 Å². The molecule has 1 aromatic carbocycles. The summed E-state index contributed by atoms with van der Waals surface area (Å²) in [6.45, 7) is 2.53. The molecule has 0 spiro atoms. The first-order valence-electron chi connectivity index (χ1n) is 9.98. The van der Waals surface area contributed by atoms with Crippen LogP contribution in [0.1, 0.15) is 22.2 Å². The van der Waals surface area contributed by atoms with Crippen LogP contribution in [0.4, 0.5) is 16.3 Å². The summed E-state index contributed by atoms with van der Waals surface area (Å²) in [5.74, 6) is -1.50. The molecule has 4 rings (SSSR count). The lowest BCUT2D eigenvalue weighted by Crippen LogP contribution is -2.27. The smallest absolute Gasteiger partial charge is 0.343 e. The number of carboxylic acid groups (broad SMARTS) is 1. The average molecular weight is 465 g/mol. The second-order valence-corrected chi connectivity index (χ2v) is 8.03. The number of aromatic carboxylic acids is 1. The molecule has 0 fully saturated rings. The van der Waals surface area contributed by atoms with Crippen LogP contribution in [0.25, 0.3) is 22.3 Å². The number of hydrogen-bond donors (Lipinski definition) is 4. The first-order chi connectivity index (χ1) is 15.9. The molecule has 3 aromatic heterocycles. The van der Waals surface area contributed by atoms with Crippen molar-refractivity contribution in [2.24, 2.45) is 0 Å². The number of anilines is 2. The maximum absolute atomic E-state index is 12.6. The summed E-state index contributed by atoms with van der Waals surface area (Å²) in [5, 5.41) is 15.1. The van der Waals surface area contributed by atoms with E-state index in [2.05, 4.69) is 20.6 Å². The van der Waals surface area contributed by atoms with E-state index in [0.29, 0.717) is 30.1 Å². The number of rotatable bonds is 6. The number of carbonyl (C=O) groups is 2. The molecular formula is C22H20N6O4S. The quantitative estimate of drug-likeness (QED) is 0.342. The Labute approximate surface area is 191 Å². The maximum Gasteiger partial charge on any atom is 0.343 e. The molecule has 0 radical (unpaired) electrons. The van der Waals surface area contributed by atoms with Gasteiger partial charge in [-0.25, -0.2) is 14.6 Å². The van der Waals surface area contributed by atoms with Gasteiger partial charge in [0.05, 0.1) is 23.1 Å². The molecule has 3 heterocycles. The Hall–Kier alpha value is -4.25. The number of pyridine rings is 2. The van der Waals surface area contributed by atoms with Gasteiger partial charge in [0.1, 0.15) is 17.0 Å². The molecule has 0 aliphatic rings. The van der Waals surface area contributed by atoms with E-state index < -0.39 is 17.0 Å². The number of aromatic nitrogens is 3. The van der Waals surface area contributed by atoms with E-state index in [-0.39, 0.29) is 17.2 Å². The van der Waals surface area contributed by atoms with E-state index in [4.69, 9.17) is 5.73 Å². The van der Waals surface area contributed by atoms with Crippen molar-refractivity contribution in [1.82, 2.24) is 19.9 Å². The normalized spacial score (nSPS) is 10.8. The van der Waals surface area contributed by atoms with Gasteiger partial charge >= 0.3 is 12.0 Å². The minimum atomic E-state index is -1.37. The number of nitrogens with zero attached hydrogens (tertiary/aromatic N) is 3. The van der Waals surface area contributed by atoms with Crippen LogP contribution >= 0.6 is 11.3 Å².